The highest BCUT2D eigenvalue weighted by Gasteiger charge is 2.27. The number of nitrogens with two attached hydrogens (primary N) is 2. The molecule has 51 heavy (non-hydrogen) atoms. The van der Waals surface area contributed by atoms with Crippen LogP contribution in [0.4, 0.5) is 21.8 Å². The number of nitrogens with zero attached hydrogens (tertiary/aromatic N) is 4. The van der Waals surface area contributed by atoms with Crippen LogP contribution in [0, 0.1) is 0 Å². The fraction of sp³-hybridized carbons (Fsp3) is 0.108. The molecule has 0 saturated heterocycles. The summed E-state index contributed by atoms with van der Waals surface area (Å²) in [4.78, 5) is 37.6. The number of aromatic amines is 1. The van der Waals surface area contributed by atoms with Crippen LogP contribution in [0.2, 0.25) is 0 Å². The van der Waals surface area contributed by atoms with Crippen molar-refractivity contribution in [2.75, 3.05) is 28.2 Å². The summed E-state index contributed by atoms with van der Waals surface area (Å²) in [7, 11) is 0. The fourth-order valence-electron chi connectivity index (χ4n) is 6.07. The SMILES string of the molecule is Nc1[nH]nc(-c2cccc(OCc3ccc(-c4sc(N5CCc6cccc(C(=O)Nc7nc8ccccc8s7)c6C5)nc4C(=O)O)cc3)c2)c1N. The molecule has 0 atom stereocenters. The van der Waals surface area contributed by atoms with Crippen molar-refractivity contribution in [3.8, 4) is 27.4 Å². The number of thiazole rings is 2. The summed E-state index contributed by atoms with van der Waals surface area (Å²) in [6.07, 6.45) is 0.690. The summed E-state index contributed by atoms with van der Waals surface area (Å²) in [5.41, 5.74) is 18.6. The zero-order valence-corrected chi connectivity index (χ0v) is 28.6. The van der Waals surface area contributed by atoms with Crippen molar-refractivity contribution in [1.82, 2.24) is 20.2 Å². The molecule has 0 radical (unpaired) electrons. The third kappa shape index (κ3) is 6.33. The number of anilines is 4. The number of para-hydroxylation sites is 1. The molecule has 8 rings (SSSR count). The van der Waals surface area contributed by atoms with Crippen molar-refractivity contribution < 1.29 is 19.4 Å². The summed E-state index contributed by atoms with van der Waals surface area (Å²) in [6, 6.07) is 28.5. The zero-order chi connectivity index (χ0) is 35.1. The second kappa shape index (κ2) is 13.2. The maximum absolute atomic E-state index is 13.5. The van der Waals surface area contributed by atoms with E-state index in [1.807, 2.05) is 95.9 Å². The lowest BCUT2D eigenvalue weighted by molar-refractivity contribution is 0.0692. The van der Waals surface area contributed by atoms with E-state index in [2.05, 4.69) is 25.5 Å². The van der Waals surface area contributed by atoms with Gasteiger partial charge in [-0.25, -0.2) is 14.8 Å². The minimum Gasteiger partial charge on any atom is -0.489 e. The molecular formula is C37H30N8O4S2. The number of hydrogen-bond acceptors (Lipinski definition) is 11. The van der Waals surface area contributed by atoms with Crippen LogP contribution >= 0.6 is 22.7 Å². The lowest BCUT2D eigenvalue weighted by Crippen LogP contribution is -2.32. The van der Waals surface area contributed by atoms with Gasteiger partial charge in [-0.3, -0.25) is 15.2 Å². The van der Waals surface area contributed by atoms with Crippen LogP contribution in [0.3, 0.4) is 0 Å². The lowest BCUT2D eigenvalue weighted by atomic mass is 9.94. The number of carbonyl (C=O) groups excluding carboxylic acids is 1. The number of ether oxygens (including phenoxy) is 1. The summed E-state index contributed by atoms with van der Waals surface area (Å²) < 4.78 is 7.04. The Bertz CT molecular complexity index is 2400. The number of fused-ring (bicyclic) bond motifs is 2. The lowest BCUT2D eigenvalue weighted by Gasteiger charge is -2.29. The summed E-state index contributed by atoms with van der Waals surface area (Å²) in [6.45, 7) is 1.35. The first-order valence-corrected chi connectivity index (χ1v) is 17.6. The van der Waals surface area contributed by atoms with Gasteiger partial charge >= 0.3 is 5.97 Å². The highest BCUT2D eigenvalue weighted by molar-refractivity contribution is 7.22. The normalized spacial score (nSPS) is 12.5. The van der Waals surface area contributed by atoms with Crippen molar-refractivity contribution in [3.05, 3.63) is 119 Å². The number of hydrogen-bond donors (Lipinski definition) is 5. The molecule has 1 aliphatic rings. The van der Waals surface area contributed by atoms with Gasteiger partial charge < -0.3 is 26.2 Å². The van der Waals surface area contributed by atoms with Crippen LogP contribution in [-0.2, 0) is 19.6 Å². The van der Waals surface area contributed by atoms with Crippen molar-refractivity contribution in [2.45, 2.75) is 19.6 Å². The first-order valence-electron chi connectivity index (χ1n) is 16.0. The van der Waals surface area contributed by atoms with Gasteiger partial charge in [-0.2, -0.15) is 5.10 Å². The number of benzene rings is 4. The molecular weight excluding hydrogens is 685 g/mol. The fourth-order valence-corrected chi connectivity index (χ4v) is 8.02. The molecule has 0 spiro atoms. The topological polar surface area (TPSA) is 185 Å². The number of nitrogen functional groups attached to an aromatic ring is 2. The van der Waals surface area contributed by atoms with Crippen LogP contribution in [0.15, 0.2) is 91.0 Å². The predicted molar refractivity (Wildman–Crippen MR) is 200 cm³/mol. The van der Waals surface area contributed by atoms with E-state index in [1.54, 1.807) is 0 Å². The molecule has 7 aromatic rings. The molecule has 3 aromatic heterocycles. The van der Waals surface area contributed by atoms with Crippen molar-refractivity contribution in [1.29, 1.82) is 0 Å². The van der Waals surface area contributed by atoms with Gasteiger partial charge in [0, 0.05) is 24.2 Å². The quantitative estimate of drug-likeness (QED) is 0.104. The number of aromatic carboxylic acids is 1. The van der Waals surface area contributed by atoms with Crippen LogP contribution in [0.1, 0.15) is 37.5 Å². The van der Waals surface area contributed by atoms with Crippen LogP contribution in [-0.4, -0.2) is 43.7 Å². The minimum absolute atomic E-state index is 0.0123. The van der Waals surface area contributed by atoms with E-state index in [1.165, 1.54) is 22.7 Å². The number of carboxylic acid groups (broad SMARTS) is 1. The summed E-state index contributed by atoms with van der Waals surface area (Å²) in [5.74, 6) is -0.388. The van der Waals surface area contributed by atoms with Crippen molar-refractivity contribution in [2.24, 2.45) is 0 Å². The molecule has 12 nitrogen and oxygen atoms in total. The molecule has 4 heterocycles. The van der Waals surface area contributed by atoms with Gasteiger partial charge in [0.25, 0.3) is 5.91 Å². The maximum Gasteiger partial charge on any atom is 0.356 e. The van der Waals surface area contributed by atoms with E-state index in [-0.39, 0.29) is 11.6 Å². The summed E-state index contributed by atoms with van der Waals surface area (Å²) >= 11 is 2.75. The smallest absolute Gasteiger partial charge is 0.356 e. The molecule has 1 aliphatic heterocycles. The number of amides is 1. The molecule has 0 fully saturated rings. The second-order valence-electron chi connectivity index (χ2n) is 11.9. The summed E-state index contributed by atoms with van der Waals surface area (Å²) in [5, 5.41) is 21.1. The van der Waals surface area contributed by atoms with Gasteiger partial charge in [0.15, 0.2) is 16.0 Å². The maximum atomic E-state index is 13.5. The Kier molecular flexibility index (Phi) is 8.29. The standard InChI is InChI=1S/C37H30N8O4S2/c38-29-30(43-44-33(29)39)23-6-3-7-24(17-23)49-19-20-11-13-22(14-12-20)32-31(35(47)48)41-37(51-32)45-16-15-21-5-4-8-25(26(21)18-45)34(46)42-36-40-27-9-1-2-10-28(27)50-36/h1-14,17H,15-16,18-19,38H2,(H,47,48)(H3,39,43,44)(H,40,42,46). The van der Waals surface area contributed by atoms with Crippen LogP contribution in [0.25, 0.3) is 31.9 Å². The Hall–Kier alpha value is -6.25. The number of H-pyrrole nitrogens is 1. The molecule has 0 unspecified atom stereocenters. The highest BCUT2D eigenvalue weighted by atomic mass is 32.1. The third-order valence-electron chi connectivity index (χ3n) is 8.68. The molecule has 0 saturated carbocycles. The minimum atomic E-state index is -1.10. The number of carbonyl (C=O) groups is 2. The largest absolute Gasteiger partial charge is 0.489 e. The first-order chi connectivity index (χ1) is 24.8. The van der Waals surface area contributed by atoms with E-state index in [0.29, 0.717) is 69.8 Å². The number of rotatable bonds is 9. The Morgan fingerprint density at radius 3 is 2.55 bits per heavy atom. The monoisotopic (exact) mass is 714 g/mol. The molecule has 254 valence electrons. The Balaban J connectivity index is 0.984. The van der Waals surface area contributed by atoms with E-state index < -0.39 is 5.97 Å². The van der Waals surface area contributed by atoms with E-state index in [4.69, 9.17) is 16.2 Å². The van der Waals surface area contributed by atoms with Gasteiger partial charge in [0.2, 0.25) is 0 Å². The van der Waals surface area contributed by atoms with E-state index in [0.717, 1.165) is 38.0 Å². The average molecular weight is 715 g/mol. The second-order valence-corrected chi connectivity index (χ2v) is 14.0. The average Bonchev–Trinajstić information content (AvgIpc) is 3.87. The highest BCUT2D eigenvalue weighted by Crippen LogP contribution is 2.38. The van der Waals surface area contributed by atoms with Gasteiger partial charge in [0.1, 0.15) is 29.6 Å². The van der Waals surface area contributed by atoms with Gasteiger partial charge in [-0.1, -0.05) is 83.3 Å². The van der Waals surface area contributed by atoms with Gasteiger partial charge in [0.05, 0.1) is 15.1 Å². The van der Waals surface area contributed by atoms with E-state index in [9.17, 15) is 14.7 Å². The van der Waals surface area contributed by atoms with Crippen molar-refractivity contribution >= 4 is 66.5 Å². The zero-order valence-electron chi connectivity index (χ0n) is 26.9. The third-order valence-corrected chi connectivity index (χ3v) is 10.8. The van der Waals surface area contributed by atoms with Crippen molar-refractivity contribution in [3.63, 3.8) is 0 Å². The van der Waals surface area contributed by atoms with E-state index >= 15 is 0 Å². The molecule has 0 bridgehead atoms. The number of carboxylic acids is 1. The number of nitrogens with one attached hydrogen (secondary N) is 2. The number of aromatic nitrogens is 4. The van der Waals surface area contributed by atoms with Gasteiger partial charge in [-0.05, 0) is 59.0 Å². The van der Waals surface area contributed by atoms with Crippen LogP contribution in [0.5, 0.6) is 5.75 Å². The first kappa shape index (κ1) is 32.0. The predicted octanol–water partition coefficient (Wildman–Crippen LogP) is 7.07. The Morgan fingerprint density at radius 1 is 0.941 bits per heavy atom. The van der Waals surface area contributed by atoms with Gasteiger partial charge in [-0.15, -0.1) is 0 Å². The molecule has 4 aromatic carbocycles. The Morgan fingerprint density at radius 2 is 1.76 bits per heavy atom. The molecule has 7 N–H and O–H groups in total. The van der Waals surface area contributed by atoms with Crippen LogP contribution < -0.4 is 26.4 Å². The molecule has 0 aliphatic carbocycles. The Labute approximate surface area is 299 Å². The molecule has 1 amide bonds. The molecule has 14 heteroatoms.